The number of nitrogens with zero attached hydrogens (tertiary/aromatic N) is 5. The summed E-state index contributed by atoms with van der Waals surface area (Å²) in [6.45, 7) is -0.372. The van der Waals surface area contributed by atoms with Crippen molar-refractivity contribution in [2.45, 2.75) is 19.3 Å². The first kappa shape index (κ1) is 22.3. The molecule has 0 atom stereocenters. The van der Waals surface area contributed by atoms with Gasteiger partial charge in [-0.05, 0) is 23.8 Å². The van der Waals surface area contributed by atoms with Crippen molar-refractivity contribution in [3.8, 4) is 28.6 Å². The van der Waals surface area contributed by atoms with E-state index in [1.165, 1.54) is 6.07 Å². The van der Waals surface area contributed by atoms with Crippen molar-refractivity contribution >= 4 is 0 Å². The number of aromatic nitrogens is 6. The predicted molar refractivity (Wildman–Crippen MR) is 106 cm³/mol. The predicted octanol–water partition coefficient (Wildman–Crippen LogP) is 3.57. The normalized spacial score (nSPS) is 11.6. The van der Waals surface area contributed by atoms with Crippen molar-refractivity contribution in [2.24, 2.45) is 0 Å². The highest BCUT2D eigenvalue weighted by Gasteiger charge is 2.35. The third-order valence-corrected chi connectivity index (χ3v) is 4.51. The second-order valence-electron chi connectivity index (χ2n) is 6.80. The van der Waals surface area contributed by atoms with Gasteiger partial charge in [-0.3, -0.25) is 0 Å². The average molecular weight is 463 g/mol. The maximum atomic E-state index is 13.4. The van der Waals surface area contributed by atoms with Gasteiger partial charge in [0.25, 0.3) is 5.89 Å². The van der Waals surface area contributed by atoms with E-state index in [-0.39, 0.29) is 17.3 Å². The van der Waals surface area contributed by atoms with E-state index in [0.29, 0.717) is 24.5 Å². The third-order valence-electron chi connectivity index (χ3n) is 4.51. The van der Waals surface area contributed by atoms with Crippen molar-refractivity contribution in [2.75, 3.05) is 13.3 Å². The number of hydrogen-bond acceptors (Lipinski definition) is 8. The van der Waals surface area contributed by atoms with Gasteiger partial charge in [-0.25, -0.2) is 4.39 Å². The van der Waals surface area contributed by atoms with E-state index in [4.69, 9.17) is 9.26 Å². The van der Waals surface area contributed by atoms with Crippen LogP contribution in [0.1, 0.15) is 17.0 Å². The molecule has 0 saturated carbocycles. The number of rotatable bonds is 9. The highest BCUT2D eigenvalue weighted by atomic mass is 19.4. The van der Waals surface area contributed by atoms with Crippen molar-refractivity contribution < 1.29 is 26.8 Å². The van der Waals surface area contributed by atoms with Crippen LogP contribution in [0, 0.1) is 0 Å². The van der Waals surface area contributed by atoms with Crippen LogP contribution in [-0.4, -0.2) is 44.0 Å². The van der Waals surface area contributed by atoms with E-state index in [0.717, 1.165) is 17.7 Å². The lowest BCUT2D eigenvalue weighted by Crippen LogP contribution is -2.13. The first-order chi connectivity index (χ1) is 15.9. The van der Waals surface area contributed by atoms with Gasteiger partial charge < -0.3 is 14.6 Å². The monoisotopic (exact) mass is 463 g/mol. The maximum absolute atomic E-state index is 13.4. The Kier molecular flexibility index (Phi) is 6.58. The molecular weight excluding hydrogens is 446 g/mol. The Hall–Kier alpha value is -3.87. The summed E-state index contributed by atoms with van der Waals surface area (Å²) in [6.07, 6.45) is -4.70. The number of aromatic amines is 1. The largest absolute Gasteiger partial charge is 0.490 e. The molecule has 172 valence electrons. The fourth-order valence-corrected chi connectivity index (χ4v) is 2.96. The summed E-state index contributed by atoms with van der Waals surface area (Å²) in [5, 5.41) is 20.6. The molecule has 0 aliphatic carbocycles. The van der Waals surface area contributed by atoms with Gasteiger partial charge in [-0.1, -0.05) is 34.6 Å². The van der Waals surface area contributed by atoms with Gasteiger partial charge >= 0.3 is 6.18 Å². The number of H-pyrrole nitrogens is 1. The number of alkyl halides is 4. The summed E-state index contributed by atoms with van der Waals surface area (Å²) in [5.74, 6) is 0.217. The molecule has 0 radical (unpaired) electrons. The van der Waals surface area contributed by atoms with Crippen LogP contribution in [0.5, 0.6) is 5.75 Å². The summed E-state index contributed by atoms with van der Waals surface area (Å²) in [7, 11) is 0. The Bertz CT molecular complexity index is 1180. The molecule has 2 heterocycles. The molecule has 2 N–H and O–H groups in total. The van der Waals surface area contributed by atoms with E-state index in [1.807, 2.05) is 12.1 Å². The van der Waals surface area contributed by atoms with Gasteiger partial charge in [0.2, 0.25) is 5.82 Å². The topological polar surface area (TPSA) is 115 Å². The Morgan fingerprint density at radius 1 is 1.03 bits per heavy atom. The number of hydrogen-bond donors (Lipinski definition) is 2. The SMILES string of the molecule is FCCOc1ccc(-c2nc(-c3ccc(CNCc4nn[nH]n4)cc3)no2)cc1C(F)(F)F. The van der Waals surface area contributed by atoms with E-state index in [2.05, 4.69) is 36.1 Å². The highest BCUT2D eigenvalue weighted by molar-refractivity contribution is 5.62. The minimum atomic E-state index is -4.70. The highest BCUT2D eigenvalue weighted by Crippen LogP contribution is 2.38. The van der Waals surface area contributed by atoms with Crippen LogP contribution in [-0.2, 0) is 19.3 Å². The lowest BCUT2D eigenvalue weighted by Gasteiger charge is -2.13. The van der Waals surface area contributed by atoms with Crippen LogP contribution in [0.15, 0.2) is 47.0 Å². The minimum absolute atomic E-state index is 0.0657. The zero-order valence-corrected chi connectivity index (χ0v) is 16.9. The molecule has 13 heteroatoms. The van der Waals surface area contributed by atoms with E-state index in [1.54, 1.807) is 12.1 Å². The smallest absolute Gasteiger partial charge is 0.419 e. The average Bonchev–Trinajstić information content (AvgIpc) is 3.50. The summed E-state index contributed by atoms with van der Waals surface area (Å²) in [4.78, 5) is 4.20. The van der Waals surface area contributed by atoms with Gasteiger partial charge in [0.1, 0.15) is 19.0 Å². The van der Waals surface area contributed by atoms with E-state index in [9.17, 15) is 17.6 Å². The Morgan fingerprint density at radius 2 is 1.82 bits per heavy atom. The minimum Gasteiger partial charge on any atom is -0.490 e. The molecule has 4 rings (SSSR count). The van der Waals surface area contributed by atoms with Crippen LogP contribution >= 0.6 is 0 Å². The molecule has 0 aliphatic heterocycles. The molecule has 0 unspecified atom stereocenters. The Morgan fingerprint density at radius 3 is 2.52 bits per heavy atom. The fourth-order valence-electron chi connectivity index (χ4n) is 2.96. The van der Waals surface area contributed by atoms with Gasteiger partial charge in [0.05, 0.1) is 12.1 Å². The van der Waals surface area contributed by atoms with E-state index < -0.39 is 30.8 Å². The maximum Gasteiger partial charge on any atom is 0.419 e. The molecule has 9 nitrogen and oxygen atoms in total. The zero-order chi connectivity index (χ0) is 23.3. The molecule has 2 aromatic carbocycles. The number of halogens is 4. The number of benzene rings is 2. The van der Waals surface area contributed by atoms with Gasteiger partial charge in [0.15, 0.2) is 5.82 Å². The second kappa shape index (κ2) is 9.73. The summed E-state index contributed by atoms with van der Waals surface area (Å²) >= 11 is 0. The van der Waals surface area contributed by atoms with Gasteiger partial charge in [0, 0.05) is 17.7 Å². The Labute approximate surface area is 184 Å². The first-order valence-electron chi connectivity index (χ1n) is 9.70. The molecule has 0 spiro atoms. The van der Waals surface area contributed by atoms with Crippen LogP contribution in [0.3, 0.4) is 0 Å². The molecule has 0 aliphatic rings. The lowest BCUT2D eigenvalue weighted by molar-refractivity contribution is -0.138. The quantitative estimate of drug-likeness (QED) is 0.362. The summed E-state index contributed by atoms with van der Waals surface area (Å²) in [5.41, 5.74) is 0.623. The summed E-state index contributed by atoms with van der Waals surface area (Å²) in [6, 6.07) is 10.5. The molecule has 0 saturated heterocycles. The molecule has 33 heavy (non-hydrogen) atoms. The molecule has 2 aromatic heterocycles. The van der Waals surface area contributed by atoms with Crippen LogP contribution < -0.4 is 10.1 Å². The Balaban J connectivity index is 1.47. The lowest BCUT2D eigenvalue weighted by atomic mass is 10.1. The molecule has 0 fully saturated rings. The second-order valence-corrected chi connectivity index (χ2v) is 6.80. The van der Waals surface area contributed by atoms with Crippen molar-refractivity contribution in [3.63, 3.8) is 0 Å². The third kappa shape index (κ3) is 5.49. The van der Waals surface area contributed by atoms with Gasteiger partial charge in [-0.15, -0.1) is 10.2 Å². The van der Waals surface area contributed by atoms with Crippen molar-refractivity contribution in [3.05, 3.63) is 59.4 Å². The summed E-state index contributed by atoms with van der Waals surface area (Å²) < 4.78 is 62.5. The number of tetrazole rings is 1. The zero-order valence-electron chi connectivity index (χ0n) is 16.9. The van der Waals surface area contributed by atoms with Crippen LogP contribution in [0.25, 0.3) is 22.8 Å². The van der Waals surface area contributed by atoms with Crippen LogP contribution in [0.2, 0.25) is 0 Å². The number of nitrogens with one attached hydrogen (secondary N) is 2. The molecule has 4 aromatic rings. The molecule has 0 bridgehead atoms. The molecule has 0 amide bonds. The van der Waals surface area contributed by atoms with Crippen molar-refractivity contribution in [1.29, 1.82) is 0 Å². The number of ether oxygens (including phenoxy) is 1. The fraction of sp³-hybridized carbons (Fsp3) is 0.250. The van der Waals surface area contributed by atoms with Crippen LogP contribution in [0.4, 0.5) is 17.6 Å². The van der Waals surface area contributed by atoms with Gasteiger partial charge in [-0.2, -0.15) is 23.4 Å². The standard InChI is InChI=1S/C20H17F4N7O2/c21-7-8-32-16-6-5-14(9-15(16)20(22,23)24)19-26-18(29-33-19)13-3-1-12(2-4-13)10-25-11-17-27-30-31-28-17/h1-6,9,25H,7-8,10-11H2,(H,27,28,30,31). The van der Waals surface area contributed by atoms with E-state index >= 15 is 0 Å². The first-order valence-corrected chi connectivity index (χ1v) is 9.70. The van der Waals surface area contributed by atoms with Crippen molar-refractivity contribution in [1.82, 2.24) is 36.1 Å². The molecular formula is C20H17F4N7O2.